The molecule has 0 fully saturated rings. The number of nitrogens with zero attached hydrogens (tertiary/aromatic N) is 4. The van der Waals surface area contributed by atoms with Crippen molar-refractivity contribution in [3.63, 3.8) is 0 Å². The van der Waals surface area contributed by atoms with E-state index in [0.717, 1.165) is 21.4 Å². The lowest BCUT2D eigenvalue weighted by atomic mass is 10.1. The van der Waals surface area contributed by atoms with Gasteiger partial charge in [0, 0.05) is 34.3 Å². The van der Waals surface area contributed by atoms with E-state index in [2.05, 4.69) is 53.3 Å². The van der Waals surface area contributed by atoms with Gasteiger partial charge in [-0.3, -0.25) is 4.57 Å². The smallest absolute Gasteiger partial charge is 0.191 e. The van der Waals surface area contributed by atoms with Crippen LogP contribution in [0.5, 0.6) is 5.75 Å². The number of allylic oxidation sites excluding steroid dienone is 1. The van der Waals surface area contributed by atoms with Gasteiger partial charge in [-0.1, -0.05) is 64.8 Å². The highest BCUT2D eigenvalue weighted by atomic mass is 35.5. The Labute approximate surface area is 205 Å². The van der Waals surface area contributed by atoms with Gasteiger partial charge in [0.25, 0.3) is 0 Å². The van der Waals surface area contributed by atoms with Gasteiger partial charge in [0.1, 0.15) is 17.4 Å². The van der Waals surface area contributed by atoms with E-state index in [-0.39, 0.29) is 6.61 Å². The van der Waals surface area contributed by atoms with Crippen LogP contribution in [-0.2, 0) is 18.9 Å². The van der Waals surface area contributed by atoms with Crippen LogP contribution in [0.25, 0.3) is 10.6 Å². The predicted molar refractivity (Wildman–Crippen MR) is 133 cm³/mol. The summed E-state index contributed by atoms with van der Waals surface area (Å²) in [5.41, 5.74) is 3.37. The predicted octanol–water partition coefficient (Wildman–Crippen LogP) is 7.07. The van der Waals surface area contributed by atoms with E-state index in [1.54, 1.807) is 41.3 Å². The molecule has 0 aliphatic rings. The number of ether oxygens (including phenoxy) is 1. The molecule has 0 saturated carbocycles. The molecule has 0 spiro atoms. The van der Waals surface area contributed by atoms with E-state index in [0.29, 0.717) is 33.9 Å². The minimum atomic E-state index is 0.218. The van der Waals surface area contributed by atoms with Crippen LogP contribution in [0.1, 0.15) is 17.1 Å². The average molecular weight is 503 g/mol. The number of aromatic nitrogens is 4. The molecule has 0 aliphatic heterocycles. The molecule has 2 aromatic heterocycles. The second-order valence-electron chi connectivity index (χ2n) is 6.96. The Kier molecular flexibility index (Phi) is 7.52. The van der Waals surface area contributed by atoms with Crippen molar-refractivity contribution in [2.75, 3.05) is 0 Å². The highest BCUT2D eigenvalue weighted by molar-refractivity contribution is 7.98. The van der Waals surface area contributed by atoms with Crippen molar-refractivity contribution in [3.8, 4) is 16.3 Å². The average Bonchev–Trinajstić information content (AvgIpc) is 3.40. The van der Waals surface area contributed by atoms with Gasteiger partial charge in [-0.05, 0) is 25.1 Å². The fraction of sp³-hybridized carbons (Fsp3) is 0.174. The first-order valence-electron chi connectivity index (χ1n) is 9.78. The van der Waals surface area contributed by atoms with Crippen LogP contribution in [0.3, 0.4) is 0 Å². The van der Waals surface area contributed by atoms with E-state index in [4.69, 9.17) is 32.9 Å². The van der Waals surface area contributed by atoms with Crippen LogP contribution in [0.4, 0.5) is 0 Å². The summed E-state index contributed by atoms with van der Waals surface area (Å²) < 4.78 is 7.81. The highest BCUT2D eigenvalue weighted by Gasteiger charge is 2.14. The second kappa shape index (κ2) is 10.5. The first-order chi connectivity index (χ1) is 15.5. The van der Waals surface area contributed by atoms with Gasteiger partial charge in [-0.25, -0.2) is 4.98 Å². The van der Waals surface area contributed by atoms with Gasteiger partial charge in [0.05, 0.1) is 10.7 Å². The molecule has 9 heteroatoms. The maximum Gasteiger partial charge on any atom is 0.191 e. The molecule has 4 rings (SSSR count). The van der Waals surface area contributed by atoms with Crippen molar-refractivity contribution in [3.05, 3.63) is 87.6 Å². The van der Waals surface area contributed by atoms with Crippen LogP contribution in [0.2, 0.25) is 10.0 Å². The molecule has 2 aromatic carbocycles. The molecule has 0 N–H and O–H groups in total. The van der Waals surface area contributed by atoms with E-state index >= 15 is 0 Å². The normalized spacial score (nSPS) is 11.0. The molecular weight excluding hydrogens is 483 g/mol. The zero-order valence-electron chi connectivity index (χ0n) is 17.3. The molecule has 32 heavy (non-hydrogen) atoms. The Bertz CT molecular complexity index is 1240. The Morgan fingerprint density at radius 3 is 2.88 bits per heavy atom. The lowest BCUT2D eigenvalue weighted by Crippen LogP contribution is -2.07. The molecule has 5 nitrogen and oxygen atoms in total. The first kappa shape index (κ1) is 22.9. The fourth-order valence-electron chi connectivity index (χ4n) is 3.00. The summed E-state index contributed by atoms with van der Waals surface area (Å²) in [7, 11) is 0. The molecule has 4 aromatic rings. The van der Waals surface area contributed by atoms with Gasteiger partial charge in [0.15, 0.2) is 11.0 Å². The van der Waals surface area contributed by atoms with E-state index in [1.165, 1.54) is 5.56 Å². The Morgan fingerprint density at radius 2 is 2.06 bits per heavy atom. The molecule has 2 heterocycles. The van der Waals surface area contributed by atoms with Crippen LogP contribution in [0.15, 0.2) is 65.7 Å². The zero-order valence-corrected chi connectivity index (χ0v) is 20.4. The quantitative estimate of drug-likeness (QED) is 0.181. The molecular formula is C23H20Cl2N4OS2. The topological polar surface area (TPSA) is 52.8 Å². The summed E-state index contributed by atoms with van der Waals surface area (Å²) in [5.74, 6) is 1.88. The number of benzene rings is 2. The SMILES string of the molecule is C=CCn1c(COc2cc(Cl)ccc2Cl)nnc1SCc1csc(-c2cccc(C)c2)n1. The molecule has 164 valence electrons. The minimum absolute atomic E-state index is 0.218. The third kappa shape index (κ3) is 5.53. The van der Waals surface area contributed by atoms with Crippen LogP contribution in [0, 0.1) is 6.92 Å². The molecule has 0 aliphatic carbocycles. The maximum atomic E-state index is 6.19. The van der Waals surface area contributed by atoms with Crippen LogP contribution < -0.4 is 4.74 Å². The Hall–Kier alpha value is -2.32. The van der Waals surface area contributed by atoms with Gasteiger partial charge in [-0.15, -0.1) is 28.1 Å². The standard InChI is InChI=1S/C23H20Cl2N4OS2/c1-3-9-29-21(12-30-20-11-17(24)7-8-19(20)25)27-28-23(29)32-14-18-13-31-22(26-18)16-6-4-5-15(2)10-16/h3-8,10-11,13H,1,9,12,14H2,2H3. The van der Waals surface area contributed by atoms with Crippen LogP contribution >= 0.6 is 46.3 Å². The zero-order chi connectivity index (χ0) is 22.5. The number of hydrogen-bond donors (Lipinski definition) is 0. The van der Waals surface area contributed by atoms with Crippen molar-refractivity contribution < 1.29 is 4.74 Å². The van der Waals surface area contributed by atoms with E-state index in [9.17, 15) is 0 Å². The molecule has 0 radical (unpaired) electrons. The van der Waals surface area contributed by atoms with Crippen molar-refractivity contribution in [1.82, 2.24) is 19.7 Å². The number of hydrogen-bond acceptors (Lipinski definition) is 6. The summed E-state index contributed by atoms with van der Waals surface area (Å²) in [6, 6.07) is 13.5. The van der Waals surface area contributed by atoms with Gasteiger partial charge in [0.2, 0.25) is 0 Å². The molecule has 0 atom stereocenters. The van der Waals surface area contributed by atoms with Gasteiger partial charge >= 0.3 is 0 Å². The van der Waals surface area contributed by atoms with Gasteiger partial charge < -0.3 is 4.74 Å². The van der Waals surface area contributed by atoms with Crippen molar-refractivity contribution in [1.29, 1.82) is 0 Å². The number of aryl methyl sites for hydroxylation is 1. The number of rotatable bonds is 9. The summed E-state index contributed by atoms with van der Waals surface area (Å²) in [6.07, 6.45) is 1.81. The summed E-state index contributed by atoms with van der Waals surface area (Å²) in [4.78, 5) is 4.78. The monoisotopic (exact) mass is 502 g/mol. The first-order valence-corrected chi connectivity index (χ1v) is 12.4. The highest BCUT2D eigenvalue weighted by Crippen LogP contribution is 2.30. The Morgan fingerprint density at radius 1 is 1.19 bits per heavy atom. The van der Waals surface area contributed by atoms with E-state index in [1.807, 2.05) is 10.6 Å². The molecule has 0 bridgehead atoms. The lowest BCUT2D eigenvalue weighted by molar-refractivity contribution is 0.289. The Balaban J connectivity index is 1.44. The van der Waals surface area contributed by atoms with Crippen LogP contribution in [-0.4, -0.2) is 19.7 Å². The third-order valence-corrected chi connectivity index (χ3v) is 7.01. The maximum absolute atomic E-state index is 6.19. The third-order valence-electron chi connectivity index (χ3n) is 4.52. The van der Waals surface area contributed by atoms with Gasteiger partial charge in [-0.2, -0.15) is 0 Å². The number of thiazole rings is 1. The number of thioether (sulfide) groups is 1. The summed E-state index contributed by atoms with van der Waals surface area (Å²) in [6.45, 7) is 6.72. The number of halogens is 2. The van der Waals surface area contributed by atoms with Crippen molar-refractivity contribution in [2.24, 2.45) is 0 Å². The van der Waals surface area contributed by atoms with Crippen molar-refractivity contribution in [2.45, 2.75) is 31.0 Å². The van der Waals surface area contributed by atoms with Crippen molar-refractivity contribution >= 4 is 46.3 Å². The second-order valence-corrected chi connectivity index (χ2v) is 9.61. The molecule has 0 saturated heterocycles. The molecule has 0 unspecified atom stereocenters. The fourth-order valence-corrected chi connectivity index (χ4v) is 5.11. The lowest BCUT2D eigenvalue weighted by Gasteiger charge is -2.10. The largest absolute Gasteiger partial charge is 0.484 e. The minimum Gasteiger partial charge on any atom is -0.484 e. The molecule has 0 amide bonds. The summed E-state index contributed by atoms with van der Waals surface area (Å²) >= 11 is 15.5. The van der Waals surface area contributed by atoms with E-state index < -0.39 is 0 Å². The summed E-state index contributed by atoms with van der Waals surface area (Å²) in [5, 5.41) is 13.6.